The highest BCUT2D eigenvalue weighted by molar-refractivity contribution is 9.10. The van der Waals surface area contributed by atoms with Crippen molar-refractivity contribution in [2.45, 2.75) is 20.8 Å². The molecule has 0 unspecified atom stereocenters. The van der Waals surface area contributed by atoms with E-state index in [1.54, 1.807) is 18.3 Å². The van der Waals surface area contributed by atoms with E-state index in [4.69, 9.17) is 4.74 Å². The second kappa shape index (κ2) is 6.59. The number of hydrogen-bond acceptors (Lipinski definition) is 3. The summed E-state index contributed by atoms with van der Waals surface area (Å²) in [5.74, 6) is 0.848. The van der Waals surface area contributed by atoms with Gasteiger partial charge in [-0.1, -0.05) is 20.8 Å². The van der Waals surface area contributed by atoms with E-state index in [0.29, 0.717) is 24.1 Å². The number of hydrogen-bond donors (Lipinski definition) is 1. The van der Waals surface area contributed by atoms with Gasteiger partial charge in [-0.25, -0.2) is 9.78 Å². The fourth-order valence-corrected chi connectivity index (χ4v) is 1.24. The summed E-state index contributed by atoms with van der Waals surface area (Å²) in [4.78, 5) is 15.5. The van der Waals surface area contributed by atoms with Crippen molar-refractivity contribution >= 4 is 27.7 Å². The molecule has 5 heteroatoms. The zero-order valence-corrected chi connectivity index (χ0v) is 11.8. The number of nitrogens with zero attached hydrogens (tertiary/aromatic N) is 1. The van der Waals surface area contributed by atoms with Crippen molar-refractivity contribution in [1.82, 2.24) is 4.98 Å². The van der Waals surface area contributed by atoms with Crippen LogP contribution in [0.25, 0.3) is 0 Å². The second-order valence-corrected chi connectivity index (χ2v) is 5.13. The molecule has 1 aromatic heterocycles. The molecule has 1 rings (SSSR count). The first kappa shape index (κ1) is 14.0. The Morgan fingerprint density at radius 1 is 1.47 bits per heavy atom. The molecule has 1 amide bonds. The van der Waals surface area contributed by atoms with Crippen LogP contribution in [-0.4, -0.2) is 17.7 Å². The van der Waals surface area contributed by atoms with Gasteiger partial charge in [0.1, 0.15) is 4.60 Å². The Bertz CT molecular complexity index is 365. The van der Waals surface area contributed by atoms with Crippen molar-refractivity contribution in [1.29, 1.82) is 0 Å². The van der Waals surface area contributed by atoms with Crippen molar-refractivity contribution in [3.8, 4) is 0 Å². The van der Waals surface area contributed by atoms with E-state index < -0.39 is 6.09 Å². The molecule has 1 heterocycles. The Hall–Kier alpha value is -1.10. The van der Waals surface area contributed by atoms with Gasteiger partial charge in [0.05, 0.1) is 18.5 Å². The van der Waals surface area contributed by atoms with Gasteiger partial charge in [0.2, 0.25) is 0 Å². The molecule has 0 bridgehead atoms. The van der Waals surface area contributed by atoms with E-state index in [1.165, 1.54) is 0 Å². The van der Waals surface area contributed by atoms with E-state index in [0.717, 1.165) is 4.60 Å². The van der Waals surface area contributed by atoms with Gasteiger partial charge in [-0.2, -0.15) is 0 Å². The van der Waals surface area contributed by atoms with Crippen LogP contribution in [0.5, 0.6) is 0 Å². The molecule has 0 aromatic carbocycles. The highest BCUT2D eigenvalue weighted by Gasteiger charge is 2.10. The fourth-order valence-electron chi connectivity index (χ4n) is 1.00. The van der Waals surface area contributed by atoms with Crippen LogP contribution in [0.3, 0.4) is 0 Å². The van der Waals surface area contributed by atoms with Crippen LogP contribution in [0.4, 0.5) is 10.5 Å². The monoisotopic (exact) mass is 300 g/mol. The van der Waals surface area contributed by atoms with Gasteiger partial charge in [-0.15, -0.1) is 0 Å². The molecule has 1 N–H and O–H groups in total. The lowest BCUT2D eigenvalue weighted by atomic mass is 10.00. The van der Waals surface area contributed by atoms with Crippen LogP contribution in [-0.2, 0) is 4.74 Å². The molecule has 0 aliphatic heterocycles. The summed E-state index contributed by atoms with van der Waals surface area (Å²) in [5.41, 5.74) is 0.621. The largest absolute Gasteiger partial charge is 0.449 e. The smallest absolute Gasteiger partial charge is 0.411 e. The zero-order chi connectivity index (χ0) is 12.8. The standard InChI is InChI=1S/C12H17BrN2O2/c1-8(2)9(3)7-17-12(16)15-10-4-5-11(13)14-6-10/h4-6,8-9H,7H2,1-3H3,(H,15,16)/t9-/m0/s1. The summed E-state index contributed by atoms with van der Waals surface area (Å²) in [6, 6.07) is 3.51. The maximum absolute atomic E-state index is 11.5. The van der Waals surface area contributed by atoms with Gasteiger partial charge >= 0.3 is 6.09 Å². The van der Waals surface area contributed by atoms with Crippen LogP contribution >= 0.6 is 15.9 Å². The number of anilines is 1. The number of halogens is 1. The van der Waals surface area contributed by atoms with Gasteiger partial charge in [-0.05, 0) is 39.9 Å². The third-order valence-corrected chi connectivity index (χ3v) is 3.06. The molecule has 0 radical (unpaired) electrons. The van der Waals surface area contributed by atoms with Crippen LogP contribution < -0.4 is 5.32 Å². The minimum absolute atomic E-state index is 0.351. The minimum atomic E-state index is -0.443. The Balaban J connectivity index is 2.37. The molecule has 1 aromatic rings. The molecule has 0 fully saturated rings. The average molecular weight is 301 g/mol. The summed E-state index contributed by atoms with van der Waals surface area (Å²) < 4.78 is 5.84. The van der Waals surface area contributed by atoms with E-state index in [9.17, 15) is 4.79 Å². The average Bonchev–Trinajstić information content (AvgIpc) is 2.29. The number of nitrogens with one attached hydrogen (secondary N) is 1. The van der Waals surface area contributed by atoms with Crippen molar-refractivity contribution in [2.24, 2.45) is 11.8 Å². The molecule has 0 aliphatic rings. The molecule has 17 heavy (non-hydrogen) atoms. The first-order valence-corrected chi connectivity index (χ1v) is 6.33. The lowest BCUT2D eigenvalue weighted by Crippen LogP contribution is -2.20. The van der Waals surface area contributed by atoms with Crippen molar-refractivity contribution < 1.29 is 9.53 Å². The minimum Gasteiger partial charge on any atom is -0.449 e. The molecule has 0 aliphatic carbocycles. The van der Waals surface area contributed by atoms with Gasteiger partial charge in [-0.3, -0.25) is 5.32 Å². The van der Waals surface area contributed by atoms with E-state index in [-0.39, 0.29) is 0 Å². The quantitative estimate of drug-likeness (QED) is 0.863. The van der Waals surface area contributed by atoms with Crippen LogP contribution in [0.2, 0.25) is 0 Å². The summed E-state index contributed by atoms with van der Waals surface area (Å²) >= 11 is 3.22. The number of ether oxygens (including phenoxy) is 1. The molecule has 4 nitrogen and oxygen atoms in total. The molecule has 0 spiro atoms. The summed E-state index contributed by atoms with van der Waals surface area (Å²) in [7, 11) is 0. The Morgan fingerprint density at radius 2 is 2.18 bits per heavy atom. The Labute approximate surface area is 110 Å². The number of pyridine rings is 1. The molecule has 0 saturated carbocycles. The predicted molar refractivity (Wildman–Crippen MR) is 70.9 cm³/mol. The highest BCUT2D eigenvalue weighted by atomic mass is 79.9. The predicted octanol–water partition coefficient (Wildman–Crippen LogP) is 3.68. The van der Waals surface area contributed by atoms with Gasteiger partial charge in [0.15, 0.2) is 0 Å². The number of carbonyl (C=O) groups is 1. The summed E-state index contributed by atoms with van der Waals surface area (Å²) in [5, 5.41) is 2.62. The van der Waals surface area contributed by atoms with Gasteiger partial charge in [0, 0.05) is 0 Å². The molecular formula is C12H17BrN2O2. The first-order valence-electron chi connectivity index (χ1n) is 5.54. The number of carbonyl (C=O) groups excluding carboxylic acids is 1. The molecular weight excluding hydrogens is 284 g/mol. The van der Waals surface area contributed by atoms with Crippen LogP contribution in [0.15, 0.2) is 22.9 Å². The maximum Gasteiger partial charge on any atom is 0.411 e. The maximum atomic E-state index is 11.5. The number of aromatic nitrogens is 1. The lowest BCUT2D eigenvalue weighted by molar-refractivity contribution is 0.133. The van der Waals surface area contributed by atoms with Crippen LogP contribution in [0.1, 0.15) is 20.8 Å². The van der Waals surface area contributed by atoms with Gasteiger partial charge < -0.3 is 4.74 Å². The number of rotatable bonds is 4. The molecule has 94 valence electrons. The van der Waals surface area contributed by atoms with E-state index in [2.05, 4.69) is 47.0 Å². The number of amides is 1. The Morgan fingerprint density at radius 3 is 2.71 bits per heavy atom. The fraction of sp³-hybridized carbons (Fsp3) is 0.500. The van der Waals surface area contributed by atoms with Crippen molar-refractivity contribution in [2.75, 3.05) is 11.9 Å². The van der Waals surface area contributed by atoms with Crippen LogP contribution in [0, 0.1) is 11.8 Å². The highest BCUT2D eigenvalue weighted by Crippen LogP contribution is 2.12. The molecule has 0 saturated heterocycles. The SMILES string of the molecule is CC(C)[C@@H](C)COC(=O)Nc1ccc(Br)nc1. The Kier molecular flexibility index (Phi) is 5.41. The third kappa shape index (κ3) is 5.17. The second-order valence-electron chi connectivity index (χ2n) is 4.31. The van der Waals surface area contributed by atoms with Gasteiger partial charge in [0.25, 0.3) is 0 Å². The summed E-state index contributed by atoms with van der Waals surface area (Å²) in [6.07, 6.45) is 1.12. The van der Waals surface area contributed by atoms with E-state index in [1.807, 2.05) is 0 Å². The van der Waals surface area contributed by atoms with Crippen molar-refractivity contribution in [3.05, 3.63) is 22.9 Å². The van der Waals surface area contributed by atoms with Crippen molar-refractivity contribution in [3.63, 3.8) is 0 Å². The molecule has 1 atom stereocenters. The topological polar surface area (TPSA) is 51.2 Å². The summed E-state index contributed by atoms with van der Waals surface area (Å²) in [6.45, 7) is 6.68. The first-order chi connectivity index (χ1) is 7.99. The normalized spacial score (nSPS) is 12.3. The lowest BCUT2D eigenvalue weighted by Gasteiger charge is -2.15. The van der Waals surface area contributed by atoms with E-state index >= 15 is 0 Å². The third-order valence-electron chi connectivity index (χ3n) is 2.59. The zero-order valence-electron chi connectivity index (χ0n) is 10.2.